The molecule has 5 heteroatoms. The van der Waals surface area contributed by atoms with Gasteiger partial charge in [-0.3, -0.25) is 0 Å². The van der Waals surface area contributed by atoms with Crippen LogP contribution in [0, 0.1) is 5.82 Å². The van der Waals surface area contributed by atoms with Crippen molar-refractivity contribution in [2.45, 2.75) is 13.2 Å². The minimum atomic E-state index is -0.336. The zero-order valence-electron chi connectivity index (χ0n) is 12.0. The lowest BCUT2D eigenvalue weighted by Gasteiger charge is -2.11. The molecule has 0 aliphatic carbocycles. The zero-order valence-corrected chi connectivity index (χ0v) is 13.5. The fourth-order valence-corrected chi connectivity index (χ4v) is 2.44. The van der Waals surface area contributed by atoms with Crippen molar-refractivity contribution in [2.75, 3.05) is 14.2 Å². The summed E-state index contributed by atoms with van der Waals surface area (Å²) in [5, 5.41) is 3.08. The van der Waals surface area contributed by atoms with E-state index in [1.165, 1.54) is 13.2 Å². The van der Waals surface area contributed by atoms with E-state index in [0.29, 0.717) is 17.1 Å². The van der Waals surface area contributed by atoms with Gasteiger partial charge in [-0.25, -0.2) is 4.39 Å². The first-order chi connectivity index (χ1) is 10.1. The molecule has 0 radical (unpaired) electrons. The van der Waals surface area contributed by atoms with E-state index in [2.05, 4.69) is 21.2 Å². The molecular formula is C16H17BrFNO2. The third kappa shape index (κ3) is 4.19. The molecule has 0 spiro atoms. The largest absolute Gasteiger partial charge is 0.497 e. The molecule has 0 aromatic heterocycles. The summed E-state index contributed by atoms with van der Waals surface area (Å²) in [4.78, 5) is 0. The summed E-state index contributed by atoms with van der Waals surface area (Å²) in [6.07, 6.45) is 0. The van der Waals surface area contributed by atoms with Crippen LogP contribution in [0.25, 0.3) is 0 Å². The topological polar surface area (TPSA) is 30.5 Å². The lowest BCUT2D eigenvalue weighted by atomic mass is 10.2. The summed E-state index contributed by atoms with van der Waals surface area (Å²) in [5.74, 6) is 0.844. The average Bonchev–Trinajstić information content (AvgIpc) is 2.48. The van der Waals surface area contributed by atoms with Gasteiger partial charge < -0.3 is 14.8 Å². The standard InChI is InChI=1S/C16H17BrFNO2/c1-19-9-11-3-6-16(14(17)7-11)21-10-12-4-5-13(20-2)8-15(12)18/h3-8,19H,9-10H2,1-2H3. The SMILES string of the molecule is CNCc1ccc(OCc2ccc(OC)cc2F)c(Br)c1. The Labute approximate surface area is 132 Å². The molecule has 112 valence electrons. The minimum absolute atomic E-state index is 0.166. The third-order valence-electron chi connectivity index (χ3n) is 3.02. The van der Waals surface area contributed by atoms with Gasteiger partial charge >= 0.3 is 0 Å². The molecule has 2 rings (SSSR count). The molecule has 0 amide bonds. The van der Waals surface area contributed by atoms with Crippen molar-refractivity contribution >= 4 is 15.9 Å². The molecule has 3 nitrogen and oxygen atoms in total. The van der Waals surface area contributed by atoms with E-state index >= 15 is 0 Å². The highest BCUT2D eigenvalue weighted by molar-refractivity contribution is 9.10. The molecule has 0 aliphatic heterocycles. The second-order valence-corrected chi connectivity index (χ2v) is 5.40. The second-order valence-electron chi connectivity index (χ2n) is 4.54. The fourth-order valence-electron chi connectivity index (χ4n) is 1.90. The Bertz CT molecular complexity index is 619. The maximum atomic E-state index is 13.8. The smallest absolute Gasteiger partial charge is 0.134 e. The molecule has 0 atom stereocenters. The van der Waals surface area contributed by atoms with Gasteiger partial charge in [0.2, 0.25) is 0 Å². The number of hydrogen-bond acceptors (Lipinski definition) is 3. The van der Waals surface area contributed by atoms with E-state index in [4.69, 9.17) is 9.47 Å². The van der Waals surface area contributed by atoms with E-state index in [1.54, 1.807) is 12.1 Å². The van der Waals surface area contributed by atoms with Gasteiger partial charge in [-0.15, -0.1) is 0 Å². The van der Waals surface area contributed by atoms with Crippen molar-refractivity contribution in [1.82, 2.24) is 5.32 Å². The first-order valence-electron chi connectivity index (χ1n) is 6.52. The Hall–Kier alpha value is -1.59. The summed E-state index contributed by atoms with van der Waals surface area (Å²) in [6.45, 7) is 0.950. The Morgan fingerprint density at radius 2 is 2.00 bits per heavy atom. The molecule has 21 heavy (non-hydrogen) atoms. The monoisotopic (exact) mass is 353 g/mol. The van der Waals surface area contributed by atoms with Crippen molar-refractivity contribution in [3.05, 3.63) is 57.8 Å². The lowest BCUT2D eigenvalue weighted by Crippen LogP contribution is -2.05. The molecule has 2 aromatic carbocycles. The van der Waals surface area contributed by atoms with E-state index in [0.717, 1.165) is 16.6 Å². The van der Waals surface area contributed by atoms with Gasteiger partial charge in [0.1, 0.15) is 23.9 Å². The first kappa shape index (κ1) is 15.8. The van der Waals surface area contributed by atoms with Crippen molar-refractivity contribution in [2.24, 2.45) is 0 Å². The first-order valence-corrected chi connectivity index (χ1v) is 7.31. The number of hydrogen-bond donors (Lipinski definition) is 1. The van der Waals surface area contributed by atoms with Crippen LogP contribution in [0.4, 0.5) is 4.39 Å². The van der Waals surface area contributed by atoms with Crippen LogP contribution in [-0.4, -0.2) is 14.2 Å². The normalized spacial score (nSPS) is 10.5. The second kappa shape index (κ2) is 7.43. The van der Waals surface area contributed by atoms with Crippen LogP contribution in [0.5, 0.6) is 11.5 Å². The maximum absolute atomic E-state index is 13.8. The summed E-state index contributed by atoms with van der Waals surface area (Å²) >= 11 is 3.47. The number of halogens is 2. The Balaban J connectivity index is 2.06. The number of ether oxygens (including phenoxy) is 2. The van der Waals surface area contributed by atoms with Gasteiger partial charge in [0, 0.05) is 18.2 Å². The van der Waals surface area contributed by atoms with Gasteiger partial charge in [0.25, 0.3) is 0 Å². The van der Waals surface area contributed by atoms with E-state index in [1.807, 2.05) is 25.2 Å². The van der Waals surface area contributed by atoms with Gasteiger partial charge in [0.05, 0.1) is 11.6 Å². The maximum Gasteiger partial charge on any atom is 0.134 e. The predicted octanol–water partition coefficient (Wildman–Crippen LogP) is 3.90. The van der Waals surface area contributed by atoms with E-state index in [9.17, 15) is 4.39 Å². The predicted molar refractivity (Wildman–Crippen MR) is 84.2 cm³/mol. The van der Waals surface area contributed by atoms with Crippen LogP contribution in [0.15, 0.2) is 40.9 Å². The molecule has 0 saturated heterocycles. The molecule has 0 unspecified atom stereocenters. The van der Waals surface area contributed by atoms with E-state index in [-0.39, 0.29) is 12.4 Å². The van der Waals surface area contributed by atoms with Crippen LogP contribution < -0.4 is 14.8 Å². The number of methoxy groups -OCH3 is 1. The van der Waals surface area contributed by atoms with Gasteiger partial charge in [-0.05, 0) is 52.8 Å². The molecule has 0 fully saturated rings. The Morgan fingerprint density at radius 1 is 1.19 bits per heavy atom. The molecule has 0 saturated carbocycles. The molecule has 1 N–H and O–H groups in total. The van der Waals surface area contributed by atoms with Crippen LogP contribution in [0.3, 0.4) is 0 Å². The lowest BCUT2D eigenvalue weighted by molar-refractivity contribution is 0.297. The van der Waals surface area contributed by atoms with Crippen molar-refractivity contribution in [3.63, 3.8) is 0 Å². The highest BCUT2D eigenvalue weighted by atomic mass is 79.9. The molecule has 0 heterocycles. The van der Waals surface area contributed by atoms with Crippen LogP contribution in [0.2, 0.25) is 0 Å². The van der Waals surface area contributed by atoms with Crippen molar-refractivity contribution in [3.8, 4) is 11.5 Å². The van der Waals surface area contributed by atoms with Crippen LogP contribution in [-0.2, 0) is 13.2 Å². The highest BCUT2D eigenvalue weighted by Crippen LogP contribution is 2.27. The van der Waals surface area contributed by atoms with Crippen molar-refractivity contribution < 1.29 is 13.9 Å². The summed E-state index contributed by atoms with van der Waals surface area (Å²) < 4.78 is 25.3. The van der Waals surface area contributed by atoms with Crippen LogP contribution in [0.1, 0.15) is 11.1 Å². The number of benzene rings is 2. The number of rotatable bonds is 6. The number of nitrogens with one attached hydrogen (secondary N) is 1. The summed E-state index contributed by atoms with van der Waals surface area (Å²) in [7, 11) is 3.40. The molecule has 2 aromatic rings. The Morgan fingerprint density at radius 3 is 2.62 bits per heavy atom. The Kier molecular flexibility index (Phi) is 5.59. The summed E-state index contributed by atoms with van der Waals surface area (Å²) in [5.41, 5.74) is 1.63. The van der Waals surface area contributed by atoms with Gasteiger partial charge in [-0.1, -0.05) is 6.07 Å². The fraction of sp³-hybridized carbons (Fsp3) is 0.250. The van der Waals surface area contributed by atoms with Gasteiger partial charge in [0.15, 0.2) is 0 Å². The minimum Gasteiger partial charge on any atom is -0.497 e. The molecule has 0 aliphatic rings. The van der Waals surface area contributed by atoms with E-state index < -0.39 is 0 Å². The van der Waals surface area contributed by atoms with Crippen molar-refractivity contribution in [1.29, 1.82) is 0 Å². The third-order valence-corrected chi connectivity index (χ3v) is 3.64. The summed E-state index contributed by atoms with van der Waals surface area (Å²) in [6, 6.07) is 10.6. The average molecular weight is 354 g/mol. The highest BCUT2D eigenvalue weighted by Gasteiger charge is 2.07. The zero-order chi connectivity index (χ0) is 15.2. The van der Waals surface area contributed by atoms with Crippen LogP contribution >= 0.6 is 15.9 Å². The quantitative estimate of drug-likeness (QED) is 0.854. The molecule has 0 bridgehead atoms. The van der Waals surface area contributed by atoms with Gasteiger partial charge in [-0.2, -0.15) is 0 Å². The molecular weight excluding hydrogens is 337 g/mol.